The van der Waals surface area contributed by atoms with Crippen LogP contribution in [0.2, 0.25) is 0 Å². The van der Waals surface area contributed by atoms with E-state index in [2.05, 4.69) is 4.74 Å². The van der Waals surface area contributed by atoms with Crippen LogP contribution in [0, 0.1) is 0 Å². The van der Waals surface area contributed by atoms with Crippen LogP contribution in [-0.4, -0.2) is 23.3 Å². The molecule has 0 saturated carbocycles. The predicted molar refractivity (Wildman–Crippen MR) is 64.9 cm³/mol. The number of benzene rings is 1. The van der Waals surface area contributed by atoms with E-state index < -0.39 is 34.6 Å². The first-order valence-electron chi connectivity index (χ1n) is 5.70. The van der Waals surface area contributed by atoms with E-state index in [1.807, 2.05) is 0 Å². The Labute approximate surface area is 113 Å². The minimum Gasteiger partial charge on any atom is -0.504 e. The molecule has 0 aliphatic rings. The van der Waals surface area contributed by atoms with Crippen LogP contribution in [0.1, 0.15) is 31.4 Å². The van der Waals surface area contributed by atoms with Gasteiger partial charge in [-0.2, -0.15) is 13.2 Å². The Morgan fingerprint density at radius 1 is 1.25 bits per heavy atom. The summed E-state index contributed by atoms with van der Waals surface area (Å²) in [5.41, 5.74) is -2.05. The number of methoxy groups -OCH3 is 1. The smallest absolute Gasteiger partial charge is 0.420 e. The Bertz CT molecular complexity index is 521. The average molecular weight is 292 g/mol. The number of alkyl halides is 3. The number of carboxylic acids is 1. The van der Waals surface area contributed by atoms with Crippen molar-refractivity contribution < 1.29 is 32.9 Å². The Kier molecular flexibility index (Phi) is 4.21. The number of phenols is 1. The summed E-state index contributed by atoms with van der Waals surface area (Å²) in [6, 6.07) is 1.85. The van der Waals surface area contributed by atoms with E-state index in [1.54, 1.807) is 0 Å². The van der Waals surface area contributed by atoms with E-state index in [9.17, 15) is 23.1 Å². The molecule has 0 unspecified atom stereocenters. The van der Waals surface area contributed by atoms with Crippen molar-refractivity contribution in [3.63, 3.8) is 0 Å². The van der Waals surface area contributed by atoms with Crippen LogP contribution in [0.15, 0.2) is 12.1 Å². The fraction of sp³-hybridized carbons (Fsp3) is 0.462. The molecule has 0 aromatic heterocycles. The number of ether oxygens (including phenoxy) is 1. The topological polar surface area (TPSA) is 66.8 Å². The van der Waals surface area contributed by atoms with Gasteiger partial charge in [0.25, 0.3) is 0 Å². The highest BCUT2D eigenvalue weighted by Gasteiger charge is 2.38. The molecule has 112 valence electrons. The SMILES string of the molecule is COc1c(C(F)(F)F)ccc(C(C)(C)CC(=O)O)c1O. The van der Waals surface area contributed by atoms with Crippen LogP contribution < -0.4 is 4.74 Å². The van der Waals surface area contributed by atoms with E-state index in [0.717, 1.165) is 19.2 Å². The van der Waals surface area contributed by atoms with Crippen molar-refractivity contribution in [3.8, 4) is 11.5 Å². The second-order valence-corrected chi connectivity index (χ2v) is 4.99. The van der Waals surface area contributed by atoms with Gasteiger partial charge in [0.05, 0.1) is 13.5 Å². The third kappa shape index (κ3) is 3.15. The molecule has 1 aromatic rings. The van der Waals surface area contributed by atoms with Gasteiger partial charge in [-0.05, 0) is 6.07 Å². The van der Waals surface area contributed by atoms with Gasteiger partial charge in [0, 0.05) is 11.0 Å². The molecule has 0 atom stereocenters. The monoisotopic (exact) mass is 292 g/mol. The summed E-state index contributed by atoms with van der Waals surface area (Å²) in [5.74, 6) is -2.50. The Balaban J connectivity index is 3.43. The lowest BCUT2D eigenvalue weighted by molar-refractivity contribution is -0.139. The molecule has 0 radical (unpaired) electrons. The van der Waals surface area contributed by atoms with E-state index in [4.69, 9.17) is 5.11 Å². The zero-order chi connectivity index (χ0) is 15.7. The summed E-state index contributed by atoms with van der Waals surface area (Å²) in [7, 11) is 1.01. The maximum absolute atomic E-state index is 12.8. The number of carboxylic acid groups (broad SMARTS) is 1. The first-order chi connectivity index (χ1) is 9.00. The number of hydrogen-bond donors (Lipinski definition) is 2. The van der Waals surface area contributed by atoms with Crippen LogP contribution in [0.25, 0.3) is 0 Å². The van der Waals surface area contributed by atoms with Crippen molar-refractivity contribution in [1.29, 1.82) is 0 Å². The quantitative estimate of drug-likeness (QED) is 0.894. The van der Waals surface area contributed by atoms with Crippen molar-refractivity contribution in [1.82, 2.24) is 0 Å². The zero-order valence-corrected chi connectivity index (χ0v) is 11.2. The van der Waals surface area contributed by atoms with E-state index in [1.165, 1.54) is 13.8 Å². The van der Waals surface area contributed by atoms with Gasteiger partial charge in [-0.1, -0.05) is 19.9 Å². The Hall–Kier alpha value is -1.92. The van der Waals surface area contributed by atoms with Gasteiger partial charge in [-0.3, -0.25) is 4.79 Å². The predicted octanol–water partition coefficient (Wildman–Crippen LogP) is 3.17. The van der Waals surface area contributed by atoms with Gasteiger partial charge in [0.15, 0.2) is 11.5 Å². The van der Waals surface area contributed by atoms with Gasteiger partial charge < -0.3 is 14.9 Å². The molecular formula is C13H15F3O4. The molecule has 0 bridgehead atoms. The van der Waals surface area contributed by atoms with E-state index in [0.29, 0.717) is 0 Å². The van der Waals surface area contributed by atoms with E-state index >= 15 is 0 Å². The van der Waals surface area contributed by atoms with Crippen molar-refractivity contribution in [2.45, 2.75) is 31.9 Å². The Morgan fingerprint density at radius 2 is 1.75 bits per heavy atom. The largest absolute Gasteiger partial charge is 0.504 e. The molecule has 0 aliphatic heterocycles. The number of carbonyl (C=O) groups is 1. The lowest BCUT2D eigenvalue weighted by atomic mass is 9.80. The van der Waals surface area contributed by atoms with Crippen LogP contribution in [0.5, 0.6) is 11.5 Å². The molecule has 0 amide bonds. The molecule has 0 fully saturated rings. The molecule has 0 heterocycles. The van der Waals surface area contributed by atoms with E-state index in [-0.39, 0.29) is 12.0 Å². The number of phenolic OH excluding ortho intramolecular Hbond substituents is 1. The van der Waals surface area contributed by atoms with Gasteiger partial charge in [-0.15, -0.1) is 0 Å². The highest BCUT2D eigenvalue weighted by molar-refractivity contribution is 5.69. The third-order valence-electron chi connectivity index (χ3n) is 2.96. The van der Waals surface area contributed by atoms with Crippen molar-refractivity contribution in [3.05, 3.63) is 23.3 Å². The molecule has 2 N–H and O–H groups in total. The summed E-state index contributed by atoms with van der Waals surface area (Å²) in [4.78, 5) is 10.8. The van der Waals surface area contributed by atoms with Crippen LogP contribution >= 0.6 is 0 Å². The van der Waals surface area contributed by atoms with Gasteiger partial charge in [-0.25, -0.2) is 0 Å². The maximum atomic E-state index is 12.8. The lowest BCUT2D eigenvalue weighted by Gasteiger charge is -2.26. The second-order valence-electron chi connectivity index (χ2n) is 4.99. The molecule has 0 saturated heterocycles. The summed E-state index contributed by atoms with van der Waals surface area (Å²) < 4.78 is 42.9. The molecular weight excluding hydrogens is 277 g/mol. The number of rotatable bonds is 4. The summed E-state index contributed by atoms with van der Waals surface area (Å²) >= 11 is 0. The summed E-state index contributed by atoms with van der Waals surface area (Å²) in [5, 5.41) is 18.8. The first kappa shape index (κ1) is 16.1. The molecule has 0 spiro atoms. The van der Waals surface area contributed by atoms with Gasteiger partial charge >= 0.3 is 12.1 Å². The number of halogens is 3. The molecule has 1 aromatic carbocycles. The number of hydrogen-bond acceptors (Lipinski definition) is 3. The zero-order valence-electron chi connectivity index (χ0n) is 11.2. The second kappa shape index (κ2) is 5.22. The summed E-state index contributed by atoms with van der Waals surface area (Å²) in [6.07, 6.45) is -5.01. The van der Waals surface area contributed by atoms with Crippen molar-refractivity contribution >= 4 is 5.97 Å². The highest BCUT2D eigenvalue weighted by atomic mass is 19.4. The van der Waals surface area contributed by atoms with Crippen LogP contribution in [-0.2, 0) is 16.4 Å². The molecule has 4 nitrogen and oxygen atoms in total. The maximum Gasteiger partial charge on any atom is 0.420 e. The number of aliphatic carboxylic acids is 1. The minimum absolute atomic E-state index is 0.0877. The molecule has 0 aliphatic carbocycles. The molecule has 7 heteroatoms. The van der Waals surface area contributed by atoms with Crippen molar-refractivity contribution in [2.75, 3.05) is 7.11 Å². The summed E-state index contributed by atoms with van der Waals surface area (Å²) in [6.45, 7) is 3.03. The lowest BCUT2D eigenvalue weighted by Crippen LogP contribution is -2.22. The van der Waals surface area contributed by atoms with Crippen LogP contribution in [0.4, 0.5) is 13.2 Å². The third-order valence-corrected chi connectivity index (χ3v) is 2.96. The Morgan fingerprint density at radius 3 is 2.15 bits per heavy atom. The minimum atomic E-state index is -4.67. The van der Waals surface area contributed by atoms with Gasteiger partial charge in [0.1, 0.15) is 5.56 Å². The average Bonchev–Trinajstić information content (AvgIpc) is 2.24. The normalized spacial score (nSPS) is 12.3. The highest BCUT2D eigenvalue weighted by Crippen LogP contribution is 2.46. The fourth-order valence-electron chi connectivity index (χ4n) is 2.02. The fourth-order valence-corrected chi connectivity index (χ4v) is 2.02. The molecule has 20 heavy (non-hydrogen) atoms. The molecule has 1 rings (SSSR count). The van der Waals surface area contributed by atoms with Crippen molar-refractivity contribution in [2.24, 2.45) is 0 Å². The van der Waals surface area contributed by atoms with Gasteiger partial charge in [0.2, 0.25) is 0 Å². The first-order valence-corrected chi connectivity index (χ1v) is 5.70. The standard InChI is InChI=1S/C13H15F3O4/c1-12(2,6-9(17)18)7-4-5-8(13(14,15)16)11(20-3)10(7)19/h4-5,19H,6H2,1-3H3,(H,17,18). The van der Waals surface area contributed by atoms with Crippen LogP contribution in [0.3, 0.4) is 0 Å². The number of aromatic hydroxyl groups is 1.